The van der Waals surface area contributed by atoms with Gasteiger partial charge in [0.25, 0.3) is 5.91 Å². The number of aromatic nitrogens is 3. The van der Waals surface area contributed by atoms with Crippen LogP contribution in [0.25, 0.3) is 32.9 Å². The molecule has 7 heterocycles. The second-order valence-electron chi connectivity index (χ2n) is 21.6. The molecule has 5 aliphatic heterocycles. The number of piperazine rings is 1. The molecule has 5 fully saturated rings. The zero-order valence-corrected chi connectivity index (χ0v) is 41.2. The van der Waals surface area contributed by atoms with E-state index in [1.54, 1.807) is 17.9 Å². The van der Waals surface area contributed by atoms with Gasteiger partial charge in [0.1, 0.15) is 34.6 Å². The van der Waals surface area contributed by atoms with Gasteiger partial charge in [-0.2, -0.15) is 15.2 Å². The molecule has 17 heteroatoms. The van der Waals surface area contributed by atoms with Gasteiger partial charge in [-0.25, -0.2) is 8.78 Å². The highest BCUT2D eigenvalue weighted by molar-refractivity contribution is 6.03. The number of aliphatic hydroxyl groups is 1. The molecule has 5 aromatic rings. The standard InChI is InChI=1S/C55H62F2N10O5/c1-4-39-43(56)10-7-35-25-38(68)26-41(45(35)39)47-46(57)48-42(27-59-47)49(66-17-5-12-53(3,71)30-66)62-52(61-48)72-33-55(13-14-55)32-63-18-15-54(29-58,16-19-63)31-64-20-22-65(23-21-64)37-8-9-40-36(24-37)28-67(51(40)70)44-11-6-34(2)60-50(44)69/h7-10,24-27,44,68,71H,2,4-6,11-23,28,30-33H2,1,3H3,(H,60,69)/t44-,53+/m0/s1. The van der Waals surface area contributed by atoms with E-state index >= 15 is 8.78 Å². The Bertz CT molecular complexity index is 3050. The molecule has 3 N–H and O–H groups in total. The van der Waals surface area contributed by atoms with Gasteiger partial charge in [0.05, 0.1) is 29.1 Å². The summed E-state index contributed by atoms with van der Waals surface area (Å²) < 4.78 is 38.8. The lowest BCUT2D eigenvalue weighted by Gasteiger charge is -2.43. The van der Waals surface area contributed by atoms with E-state index in [1.807, 2.05) is 24.0 Å². The van der Waals surface area contributed by atoms with Gasteiger partial charge in [-0.05, 0) is 136 Å². The number of halogens is 2. The van der Waals surface area contributed by atoms with Crippen molar-refractivity contribution in [3.05, 3.63) is 89.3 Å². The van der Waals surface area contributed by atoms with Crippen LogP contribution in [0.3, 0.4) is 0 Å². The van der Waals surface area contributed by atoms with Crippen molar-refractivity contribution in [3.63, 3.8) is 0 Å². The number of ether oxygens (including phenoxy) is 1. The molecule has 2 atom stereocenters. The Labute approximate surface area is 418 Å². The molecule has 72 heavy (non-hydrogen) atoms. The first kappa shape index (κ1) is 47.8. The highest BCUT2D eigenvalue weighted by Crippen LogP contribution is 2.48. The maximum absolute atomic E-state index is 17.2. The van der Waals surface area contributed by atoms with Gasteiger partial charge in [-0.15, -0.1) is 0 Å². The van der Waals surface area contributed by atoms with Gasteiger partial charge in [0.15, 0.2) is 5.82 Å². The molecule has 1 aliphatic carbocycles. The van der Waals surface area contributed by atoms with Crippen molar-refractivity contribution in [3.8, 4) is 29.1 Å². The third-order valence-electron chi connectivity index (χ3n) is 16.3. The molecule has 2 aromatic heterocycles. The number of fused-ring (bicyclic) bond motifs is 3. The fourth-order valence-corrected chi connectivity index (χ4v) is 12.0. The number of benzene rings is 3. The quantitative estimate of drug-likeness (QED) is 0.116. The van der Waals surface area contributed by atoms with E-state index in [0.717, 1.165) is 82.7 Å². The van der Waals surface area contributed by atoms with Crippen molar-refractivity contribution in [2.45, 2.75) is 89.8 Å². The summed E-state index contributed by atoms with van der Waals surface area (Å²) in [5.41, 5.74) is 2.33. The number of nitrogens with zero attached hydrogens (tertiary/aromatic N) is 9. The first-order valence-corrected chi connectivity index (χ1v) is 25.6. The number of nitriles is 1. The molecule has 2 amide bonds. The molecule has 11 rings (SSSR count). The van der Waals surface area contributed by atoms with E-state index in [0.29, 0.717) is 97.1 Å². The monoisotopic (exact) mass is 980 g/mol. The molecular weight excluding hydrogens is 919 g/mol. The summed E-state index contributed by atoms with van der Waals surface area (Å²) in [5, 5.41) is 36.7. The number of anilines is 2. The van der Waals surface area contributed by atoms with Crippen molar-refractivity contribution in [1.82, 2.24) is 35.0 Å². The number of carbonyl (C=O) groups is 2. The SMILES string of the molecule is C=C1CC[C@H](N2Cc3cc(N4CCN(CC5(C#N)CCN(CC6(COc7nc(N8CCC[C@@](C)(O)C8)c8cnc(-c9cc(O)cc%10ccc(F)c(CC)c9%10)c(F)c8n7)CC6)CC5)CC4)ccc3C2=O)C(=O)N1. The molecule has 15 nitrogen and oxygen atoms in total. The number of amides is 2. The predicted octanol–water partition coefficient (Wildman–Crippen LogP) is 7.08. The normalized spacial score (nSPS) is 23.4. The molecule has 4 saturated heterocycles. The lowest BCUT2D eigenvalue weighted by Crippen LogP contribution is -2.52. The summed E-state index contributed by atoms with van der Waals surface area (Å²) in [6, 6.07) is 14.1. The van der Waals surface area contributed by atoms with Crippen LogP contribution in [0, 0.1) is 33.8 Å². The van der Waals surface area contributed by atoms with Gasteiger partial charge in [-0.1, -0.05) is 19.6 Å². The Morgan fingerprint density at radius 2 is 1.71 bits per heavy atom. The molecule has 0 unspecified atom stereocenters. The lowest BCUT2D eigenvalue weighted by molar-refractivity contribution is -0.126. The number of phenolic OH excluding ortho intramolecular Hbond substituents is 1. The zero-order chi connectivity index (χ0) is 50.1. The fourth-order valence-electron chi connectivity index (χ4n) is 12.0. The first-order valence-electron chi connectivity index (χ1n) is 25.6. The molecule has 376 valence electrons. The van der Waals surface area contributed by atoms with E-state index in [9.17, 15) is 25.1 Å². The van der Waals surface area contributed by atoms with E-state index in [1.165, 1.54) is 24.4 Å². The number of aryl methyl sites for hydroxylation is 1. The van der Waals surface area contributed by atoms with Gasteiger partial charge >= 0.3 is 6.01 Å². The molecule has 0 bridgehead atoms. The van der Waals surface area contributed by atoms with E-state index < -0.39 is 28.7 Å². The number of piperidine rings is 3. The van der Waals surface area contributed by atoms with Gasteiger partial charge < -0.3 is 39.9 Å². The van der Waals surface area contributed by atoms with E-state index in [2.05, 4.69) is 48.7 Å². The number of hydrogen-bond donors (Lipinski definition) is 3. The fraction of sp³-hybridized carbons (Fsp3) is 0.491. The molecular formula is C55H62F2N10O5. The minimum Gasteiger partial charge on any atom is -0.508 e. The molecule has 1 saturated carbocycles. The summed E-state index contributed by atoms with van der Waals surface area (Å²) >= 11 is 0. The van der Waals surface area contributed by atoms with Crippen LogP contribution in [0.1, 0.15) is 86.7 Å². The number of nitrogens with one attached hydrogen (secondary N) is 1. The second kappa shape index (κ2) is 18.5. The van der Waals surface area contributed by atoms with Gasteiger partial charge in [0, 0.05) is 93.0 Å². The molecule has 0 radical (unpaired) electrons. The number of pyridine rings is 1. The van der Waals surface area contributed by atoms with Crippen molar-refractivity contribution in [2.75, 3.05) is 81.9 Å². The maximum Gasteiger partial charge on any atom is 0.319 e. The topological polar surface area (TPSA) is 175 Å². The van der Waals surface area contributed by atoms with Crippen LogP contribution in [-0.4, -0.2) is 135 Å². The molecule has 6 aliphatic rings. The van der Waals surface area contributed by atoms with E-state index in [-0.39, 0.29) is 52.3 Å². The van der Waals surface area contributed by atoms with Crippen molar-refractivity contribution in [2.24, 2.45) is 10.8 Å². The average Bonchev–Trinajstić information content (AvgIpc) is 4.06. The van der Waals surface area contributed by atoms with Crippen molar-refractivity contribution < 1.29 is 33.3 Å². The summed E-state index contributed by atoms with van der Waals surface area (Å²) in [7, 11) is 0. The summed E-state index contributed by atoms with van der Waals surface area (Å²) in [6.45, 7) is 15.4. The first-order chi connectivity index (χ1) is 34.6. The Hall–Kier alpha value is -6.48. The van der Waals surface area contributed by atoms with Crippen LogP contribution in [0.2, 0.25) is 0 Å². The summed E-state index contributed by atoms with van der Waals surface area (Å²) in [5.74, 6) is -1.13. The Balaban J connectivity index is 0.742. The number of aromatic hydroxyl groups is 1. The van der Waals surface area contributed by atoms with Crippen LogP contribution in [0.4, 0.5) is 20.3 Å². The number of β-amino-alcohol motifs (C(OH)–C–C–N with tert-alkyl or cyclic N) is 1. The third kappa shape index (κ3) is 9.06. The van der Waals surface area contributed by atoms with Crippen LogP contribution in [-0.2, 0) is 17.8 Å². The van der Waals surface area contributed by atoms with Crippen molar-refractivity contribution >= 4 is 45.0 Å². The van der Waals surface area contributed by atoms with Crippen LogP contribution in [0.15, 0.2) is 60.9 Å². The van der Waals surface area contributed by atoms with Crippen LogP contribution < -0.4 is 19.9 Å². The predicted molar refractivity (Wildman–Crippen MR) is 269 cm³/mol. The van der Waals surface area contributed by atoms with Gasteiger partial charge in [0.2, 0.25) is 5.91 Å². The van der Waals surface area contributed by atoms with Crippen LogP contribution >= 0.6 is 0 Å². The number of phenols is 1. The number of allylic oxidation sites excluding steroid dienone is 1. The Kier molecular flexibility index (Phi) is 12.3. The second-order valence-corrected chi connectivity index (χ2v) is 21.6. The largest absolute Gasteiger partial charge is 0.508 e. The lowest BCUT2D eigenvalue weighted by atomic mass is 9.79. The van der Waals surface area contributed by atoms with E-state index in [4.69, 9.17) is 9.72 Å². The Morgan fingerprint density at radius 1 is 0.931 bits per heavy atom. The average molecular weight is 981 g/mol. The third-order valence-corrected chi connectivity index (χ3v) is 16.3. The smallest absolute Gasteiger partial charge is 0.319 e. The highest BCUT2D eigenvalue weighted by Gasteiger charge is 2.47. The number of hydrogen-bond acceptors (Lipinski definition) is 13. The summed E-state index contributed by atoms with van der Waals surface area (Å²) in [6.07, 6.45) is 7.83. The summed E-state index contributed by atoms with van der Waals surface area (Å²) in [4.78, 5) is 51.0. The highest BCUT2D eigenvalue weighted by atomic mass is 19.1. The number of likely N-dealkylation sites (tertiary alicyclic amines) is 1. The molecule has 0 spiro atoms. The number of rotatable bonds is 12. The maximum atomic E-state index is 17.2. The minimum atomic E-state index is -0.986. The number of carbonyl (C=O) groups excluding carboxylic acids is 2. The van der Waals surface area contributed by atoms with Crippen molar-refractivity contribution in [1.29, 1.82) is 5.26 Å². The van der Waals surface area contributed by atoms with Gasteiger partial charge in [-0.3, -0.25) is 19.5 Å². The zero-order valence-electron chi connectivity index (χ0n) is 41.2. The minimum absolute atomic E-state index is 0.0151. The molecule has 3 aromatic carbocycles. The van der Waals surface area contributed by atoms with Crippen LogP contribution in [0.5, 0.6) is 11.8 Å². The Morgan fingerprint density at radius 3 is 2.43 bits per heavy atom.